The number of carbonyl (C=O) groups is 1. The first kappa shape index (κ1) is 19.4. The minimum atomic E-state index is -0.223. The first-order valence-electron chi connectivity index (χ1n) is 9.67. The molecule has 142 valence electrons. The Hall–Kier alpha value is -2.35. The van der Waals surface area contributed by atoms with Gasteiger partial charge in [0.05, 0.1) is 0 Å². The highest BCUT2D eigenvalue weighted by Gasteiger charge is 2.45. The van der Waals surface area contributed by atoms with E-state index < -0.39 is 0 Å². The van der Waals surface area contributed by atoms with Crippen molar-refractivity contribution < 1.29 is 9.53 Å². The second kappa shape index (κ2) is 6.99. The largest absolute Gasteiger partial charge is 0.462 e. The average molecular weight is 363 g/mol. The first-order valence-corrected chi connectivity index (χ1v) is 9.67. The lowest BCUT2D eigenvalue weighted by Gasteiger charge is -2.47. The number of hydrogen-bond donors (Lipinski definition) is 0. The zero-order valence-electron chi connectivity index (χ0n) is 17.3. The summed E-state index contributed by atoms with van der Waals surface area (Å²) in [7, 11) is 0. The highest BCUT2D eigenvalue weighted by atomic mass is 16.5. The summed E-state index contributed by atoms with van der Waals surface area (Å²) in [5.41, 5.74) is 6.03. The Balaban J connectivity index is 2.07. The van der Waals surface area contributed by atoms with Crippen molar-refractivity contribution in [2.45, 2.75) is 64.9 Å². The fourth-order valence-electron chi connectivity index (χ4n) is 4.19. The molecule has 3 rings (SSSR count). The summed E-state index contributed by atoms with van der Waals surface area (Å²) in [6.07, 6.45) is 2.93. The number of hydrogen-bond acceptors (Lipinski definition) is 2. The van der Waals surface area contributed by atoms with Crippen molar-refractivity contribution in [2.75, 3.05) is 0 Å². The van der Waals surface area contributed by atoms with Gasteiger partial charge in [-0.05, 0) is 46.6 Å². The van der Waals surface area contributed by atoms with E-state index >= 15 is 0 Å². The molecule has 0 amide bonds. The molecule has 0 bridgehead atoms. The molecule has 1 unspecified atom stereocenters. The Kier molecular flexibility index (Phi) is 5.03. The zero-order chi connectivity index (χ0) is 19.8. The van der Waals surface area contributed by atoms with E-state index in [-0.39, 0.29) is 22.9 Å². The third-order valence-corrected chi connectivity index (χ3v) is 5.89. The Bertz CT molecular complexity index is 872. The van der Waals surface area contributed by atoms with Gasteiger partial charge in [0.15, 0.2) is 0 Å². The Morgan fingerprint density at radius 1 is 1.00 bits per heavy atom. The maximum absolute atomic E-state index is 11.7. The highest BCUT2D eigenvalue weighted by Crippen LogP contribution is 2.47. The molecule has 0 aliphatic heterocycles. The maximum atomic E-state index is 11.7. The van der Waals surface area contributed by atoms with Crippen molar-refractivity contribution in [3.05, 3.63) is 70.8 Å². The van der Waals surface area contributed by atoms with Crippen LogP contribution in [-0.2, 0) is 20.4 Å². The minimum Gasteiger partial charge on any atom is -0.462 e. The lowest BCUT2D eigenvalue weighted by molar-refractivity contribution is -0.151. The van der Waals surface area contributed by atoms with E-state index in [9.17, 15) is 4.79 Å². The second-order valence-electron chi connectivity index (χ2n) is 8.91. The van der Waals surface area contributed by atoms with Gasteiger partial charge in [-0.2, -0.15) is 0 Å². The molecule has 1 atom stereocenters. The summed E-state index contributed by atoms with van der Waals surface area (Å²) in [6, 6.07) is 17.2. The van der Waals surface area contributed by atoms with Crippen LogP contribution in [0.5, 0.6) is 0 Å². The SMILES string of the molecule is CC(=O)OC1CC(C)(C)c2ccc(C(C)=Cc3ccccc3)cc2C1(C)C. The topological polar surface area (TPSA) is 26.3 Å². The molecular formula is C25H30O2. The van der Waals surface area contributed by atoms with Crippen molar-refractivity contribution in [3.8, 4) is 0 Å². The minimum absolute atomic E-state index is 0.0272. The van der Waals surface area contributed by atoms with Gasteiger partial charge < -0.3 is 4.74 Å². The molecule has 0 heterocycles. The van der Waals surface area contributed by atoms with Gasteiger partial charge in [0.25, 0.3) is 0 Å². The molecule has 1 aliphatic carbocycles. The van der Waals surface area contributed by atoms with Crippen LogP contribution in [0.1, 0.15) is 70.2 Å². The summed E-state index contributed by atoms with van der Waals surface area (Å²) < 4.78 is 5.74. The Labute approximate surface area is 163 Å². The van der Waals surface area contributed by atoms with E-state index in [1.807, 2.05) is 6.07 Å². The van der Waals surface area contributed by atoms with Gasteiger partial charge in [0.2, 0.25) is 0 Å². The summed E-state index contributed by atoms with van der Waals surface area (Å²) in [4.78, 5) is 11.7. The normalized spacial score (nSPS) is 20.7. The number of allylic oxidation sites excluding steroid dienone is 1. The van der Waals surface area contributed by atoms with Gasteiger partial charge in [-0.25, -0.2) is 0 Å². The van der Waals surface area contributed by atoms with Crippen molar-refractivity contribution in [2.24, 2.45) is 0 Å². The number of benzene rings is 2. The molecule has 2 heteroatoms. The molecule has 0 aromatic heterocycles. The molecule has 2 nitrogen and oxygen atoms in total. The standard InChI is InChI=1S/C25H30O2/c1-17(14-19-10-8-7-9-11-19)20-12-13-21-22(15-20)25(5,6)23(27-18(2)26)16-24(21,3)4/h7-15,23H,16H2,1-6H3. The molecular weight excluding hydrogens is 332 g/mol. The van der Waals surface area contributed by atoms with Gasteiger partial charge in [0, 0.05) is 12.3 Å². The van der Waals surface area contributed by atoms with Gasteiger partial charge in [-0.15, -0.1) is 0 Å². The first-order chi connectivity index (χ1) is 12.6. The molecule has 0 radical (unpaired) electrons. The average Bonchev–Trinajstić information content (AvgIpc) is 2.60. The predicted molar refractivity (Wildman–Crippen MR) is 113 cm³/mol. The Morgan fingerprint density at radius 3 is 2.30 bits per heavy atom. The number of ether oxygens (including phenoxy) is 1. The lowest BCUT2D eigenvalue weighted by Crippen LogP contribution is -2.47. The van der Waals surface area contributed by atoms with Crippen molar-refractivity contribution in [1.29, 1.82) is 0 Å². The van der Waals surface area contributed by atoms with Crippen LogP contribution < -0.4 is 0 Å². The van der Waals surface area contributed by atoms with Crippen LogP contribution >= 0.6 is 0 Å². The van der Waals surface area contributed by atoms with Crippen LogP contribution in [0.15, 0.2) is 48.5 Å². The summed E-state index contributed by atoms with van der Waals surface area (Å²) in [5.74, 6) is -0.205. The van der Waals surface area contributed by atoms with Crippen LogP contribution in [0.25, 0.3) is 11.6 Å². The van der Waals surface area contributed by atoms with Gasteiger partial charge >= 0.3 is 5.97 Å². The van der Waals surface area contributed by atoms with Gasteiger partial charge in [0.1, 0.15) is 6.10 Å². The predicted octanol–water partition coefficient (Wildman–Crippen LogP) is 6.14. The van der Waals surface area contributed by atoms with E-state index in [4.69, 9.17) is 4.74 Å². The third kappa shape index (κ3) is 3.85. The van der Waals surface area contributed by atoms with Crippen molar-refractivity contribution in [1.82, 2.24) is 0 Å². The van der Waals surface area contributed by atoms with Crippen LogP contribution in [0.3, 0.4) is 0 Å². The fourth-order valence-corrected chi connectivity index (χ4v) is 4.19. The fraction of sp³-hybridized carbons (Fsp3) is 0.400. The lowest BCUT2D eigenvalue weighted by atomic mass is 9.61. The maximum Gasteiger partial charge on any atom is 0.302 e. The van der Waals surface area contributed by atoms with E-state index in [1.54, 1.807) is 0 Å². The monoisotopic (exact) mass is 362 g/mol. The quantitative estimate of drug-likeness (QED) is 0.484. The van der Waals surface area contributed by atoms with Gasteiger partial charge in [-0.1, -0.05) is 82.3 Å². The van der Waals surface area contributed by atoms with Crippen LogP contribution in [-0.4, -0.2) is 12.1 Å². The molecule has 1 aliphatic rings. The van der Waals surface area contributed by atoms with Crippen LogP contribution in [0.2, 0.25) is 0 Å². The molecule has 0 N–H and O–H groups in total. The second-order valence-corrected chi connectivity index (χ2v) is 8.91. The van der Waals surface area contributed by atoms with E-state index in [2.05, 4.69) is 83.2 Å². The van der Waals surface area contributed by atoms with E-state index in [0.717, 1.165) is 6.42 Å². The zero-order valence-corrected chi connectivity index (χ0v) is 17.3. The van der Waals surface area contributed by atoms with Crippen molar-refractivity contribution in [3.63, 3.8) is 0 Å². The summed E-state index contributed by atoms with van der Waals surface area (Å²) >= 11 is 0. The summed E-state index contributed by atoms with van der Waals surface area (Å²) in [6.45, 7) is 12.5. The van der Waals surface area contributed by atoms with Crippen molar-refractivity contribution >= 4 is 17.6 Å². The number of esters is 1. The summed E-state index contributed by atoms with van der Waals surface area (Å²) in [5, 5.41) is 0. The van der Waals surface area contributed by atoms with Crippen LogP contribution in [0.4, 0.5) is 0 Å². The smallest absolute Gasteiger partial charge is 0.302 e. The highest BCUT2D eigenvalue weighted by molar-refractivity contribution is 5.80. The molecule has 0 saturated carbocycles. The molecule has 0 spiro atoms. The van der Waals surface area contributed by atoms with E-state index in [0.29, 0.717) is 0 Å². The molecule has 27 heavy (non-hydrogen) atoms. The molecule has 0 saturated heterocycles. The van der Waals surface area contributed by atoms with Gasteiger partial charge in [-0.3, -0.25) is 4.79 Å². The Morgan fingerprint density at radius 2 is 1.67 bits per heavy atom. The van der Waals surface area contributed by atoms with E-state index in [1.165, 1.54) is 34.8 Å². The van der Waals surface area contributed by atoms with Crippen LogP contribution in [0, 0.1) is 0 Å². The molecule has 2 aromatic carbocycles. The number of carbonyl (C=O) groups excluding carboxylic acids is 1. The molecule has 2 aromatic rings. The number of rotatable bonds is 3. The molecule has 0 fully saturated rings. The third-order valence-electron chi connectivity index (χ3n) is 5.89. The number of fused-ring (bicyclic) bond motifs is 1.